The lowest BCUT2D eigenvalue weighted by Gasteiger charge is -2.27. The lowest BCUT2D eigenvalue weighted by atomic mass is 10.0. The number of carbonyl (C=O) groups excluding carboxylic acids is 3. The molecule has 1 fully saturated rings. The van der Waals surface area contributed by atoms with E-state index in [9.17, 15) is 19.2 Å². The Morgan fingerprint density at radius 3 is 2.41 bits per heavy atom. The van der Waals surface area contributed by atoms with Gasteiger partial charge in [0.05, 0.1) is 5.69 Å². The first-order valence-electron chi connectivity index (χ1n) is 8.69. The van der Waals surface area contributed by atoms with Crippen LogP contribution in [0.1, 0.15) is 16.7 Å². The zero-order valence-corrected chi connectivity index (χ0v) is 15.8. The van der Waals surface area contributed by atoms with Gasteiger partial charge in [0, 0.05) is 5.56 Å². The number of para-hydroxylation sites is 1. The first-order chi connectivity index (χ1) is 13.8. The molecule has 29 heavy (non-hydrogen) atoms. The highest BCUT2D eigenvalue weighted by molar-refractivity contribution is 6.39. The highest BCUT2D eigenvalue weighted by Gasteiger charge is 2.37. The Balaban J connectivity index is 2.01. The monoisotopic (exact) mass is 394 g/mol. The fraction of sp³-hybridized carbons (Fsp3) is 0.143. The number of aryl methyl sites for hydroxylation is 2. The average Bonchev–Trinajstić information content (AvgIpc) is 2.63. The normalized spacial score (nSPS) is 15.4. The molecule has 1 heterocycles. The number of ether oxygens (including phenoxy) is 1. The number of benzene rings is 2. The smallest absolute Gasteiger partial charge is 0.341 e. The zero-order valence-electron chi connectivity index (χ0n) is 15.8. The molecule has 0 bridgehead atoms. The van der Waals surface area contributed by atoms with Gasteiger partial charge < -0.3 is 9.84 Å². The predicted octanol–water partition coefficient (Wildman–Crippen LogP) is 2.43. The van der Waals surface area contributed by atoms with Crippen molar-refractivity contribution >= 4 is 35.6 Å². The molecule has 0 atom stereocenters. The Morgan fingerprint density at radius 1 is 1.10 bits per heavy atom. The van der Waals surface area contributed by atoms with Gasteiger partial charge in [-0.1, -0.05) is 24.3 Å². The van der Waals surface area contributed by atoms with Crippen LogP contribution >= 0.6 is 0 Å². The van der Waals surface area contributed by atoms with Crippen LogP contribution in [-0.4, -0.2) is 35.5 Å². The molecular formula is C21H18N2O6. The molecule has 0 spiro atoms. The molecule has 1 saturated heterocycles. The Labute approximate surface area is 166 Å². The molecule has 0 radical (unpaired) electrons. The number of barbiturate groups is 1. The number of aliphatic carboxylic acids is 1. The summed E-state index contributed by atoms with van der Waals surface area (Å²) >= 11 is 0. The number of nitrogens with zero attached hydrogens (tertiary/aromatic N) is 1. The molecule has 8 nitrogen and oxygen atoms in total. The first-order valence-corrected chi connectivity index (χ1v) is 8.69. The van der Waals surface area contributed by atoms with E-state index in [0.717, 1.165) is 16.0 Å². The molecule has 8 heteroatoms. The average molecular weight is 394 g/mol. The van der Waals surface area contributed by atoms with Crippen molar-refractivity contribution in [1.29, 1.82) is 0 Å². The second-order valence-corrected chi connectivity index (χ2v) is 6.52. The van der Waals surface area contributed by atoms with Gasteiger partial charge in [0.25, 0.3) is 11.8 Å². The summed E-state index contributed by atoms with van der Waals surface area (Å²) in [6.07, 6.45) is 1.27. The van der Waals surface area contributed by atoms with Crippen LogP contribution in [0.3, 0.4) is 0 Å². The summed E-state index contributed by atoms with van der Waals surface area (Å²) in [6, 6.07) is 10.8. The van der Waals surface area contributed by atoms with E-state index in [4.69, 9.17) is 9.84 Å². The molecule has 0 aliphatic carbocycles. The van der Waals surface area contributed by atoms with Gasteiger partial charge in [0.2, 0.25) is 0 Å². The molecule has 2 aromatic carbocycles. The molecule has 0 saturated carbocycles. The number of imide groups is 2. The molecule has 1 aliphatic rings. The number of hydrogen-bond acceptors (Lipinski definition) is 5. The number of rotatable bonds is 5. The number of hydrogen-bond donors (Lipinski definition) is 2. The van der Waals surface area contributed by atoms with Gasteiger partial charge in [0.1, 0.15) is 11.3 Å². The van der Waals surface area contributed by atoms with Crippen LogP contribution in [0.5, 0.6) is 5.75 Å². The van der Waals surface area contributed by atoms with Gasteiger partial charge in [-0.25, -0.2) is 14.5 Å². The highest BCUT2D eigenvalue weighted by Crippen LogP contribution is 2.26. The van der Waals surface area contributed by atoms with Gasteiger partial charge in [-0.2, -0.15) is 0 Å². The SMILES string of the molecule is Cc1cc(C)cc(N2C(=O)NC(=O)C(=Cc3ccccc3OCC(=O)O)C2=O)c1. The minimum absolute atomic E-state index is 0.192. The lowest BCUT2D eigenvalue weighted by Crippen LogP contribution is -2.54. The Hall–Kier alpha value is -3.94. The van der Waals surface area contributed by atoms with Crippen LogP contribution in [0, 0.1) is 13.8 Å². The summed E-state index contributed by atoms with van der Waals surface area (Å²) in [6.45, 7) is 3.09. The van der Waals surface area contributed by atoms with Crippen molar-refractivity contribution in [2.24, 2.45) is 0 Å². The summed E-state index contributed by atoms with van der Waals surface area (Å²) in [5.74, 6) is -2.59. The first kappa shape index (κ1) is 19.8. The van der Waals surface area contributed by atoms with Crippen LogP contribution in [0.15, 0.2) is 48.0 Å². The highest BCUT2D eigenvalue weighted by atomic mass is 16.5. The van der Waals surface area contributed by atoms with Crippen molar-refractivity contribution in [3.05, 3.63) is 64.7 Å². The lowest BCUT2D eigenvalue weighted by molar-refractivity contribution is -0.139. The second kappa shape index (κ2) is 7.97. The molecule has 1 aliphatic heterocycles. The standard InChI is InChI=1S/C21H18N2O6/c1-12-7-13(2)9-15(8-12)23-20(27)16(19(26)22-21(23)28)10-14-5-3-4-6-17(14)29-11-18(24)25/h3-10H,11H2,1-2H3,(H,24,25)(H,22,26,28). The molecule has 2 N–H and O–H groups in total. The van der Waals surface area contributed by atoms with E-state index in [2.05, 4.69) is 5.32 Å². The summed E-state index contributed by atoms with van der Waals surface area (Å²) < 4.78 is 5.21. The van der Waals surface area contributed by atoms with Gasteiger partial charge >= 0.3 is 12.0 Å². The summed E-state index contributed by atoms with van der Waals surface area (Å²) in [5, 5.41) is 11.0. The minimum atomic E-state index is -1.16. The number of carboxylic acids is 1. The zero-order chi connectivity index (χ0) is 21.1. The number of carbonyl (C=O) groups is 4. The van der Waals surface area contributed by atoms with E-state index in [-0.39, 0.29) is 11.3 Å². The van der Waals surface area contributed by atoms with E-state index >= 15 is 0 Å². The van der Waals surface area contributed by atoms with Crippen LogP contribution < -0.4 is 15.0 Å². The molecule has 148 valence electrons. The topological polar surface area (TPSA) is 113 Å². The van der Waals surface area contributed by atoms with Gasteiger partial charge in [-0.15, -0.1) is 0 Å². The third-order valence-corrected chi connectivity index (χ3v) is 4.14. The van der Waals surface area contributed by atoms with E-state index in [1.165, 1.54) is 12.1 Å². The number of anilines is 1. The third-order valence-electron chi connectivity index (χ3n) is 4.14. The number of nitrogens with one attached hydrogen (secondary N) is 1. The number of urea groups is 1. The summed E-state index contributed by atoms with van der Waals surface area (Å²) in [5.41, 5.74) is 2.13. The fourth-order valence-corrected chi connectivity index (χ4v) is 3.00. The van der Waals surface area contributed by atoms with E-state index < -0.39 is 30.4 Å². The van der Waals surface area contributed by atoms with Gasteiger partial charge in [-0.05, 0) is 49.2 Å². The molecular weight excluding hydrogens is 376 g/mol. The molecule has 2 aromatic rings. The predicted molar refractivity (Wildman–Crippen MR) is 104 cm³/mol. The van der Waals surface area contributed by atoms with Crippen molar-refractivity contribution in [2.75, 3.05) is 11.5 Å². The fourth-order valence-electron chi connectivity index (χ4n) is 3.00. The van der Waals surface area contributed by atoms with Crippen molar-refractivity contribution < 1.29 is 29.0 Å². The van der Waals surface area contributed by atoms with E-state index in [1.807, 2.05) is 19.9 Å². The largest absolute Gasteiger partial charge is 0.481 e. The third kappa shape index (κ3) is 4.32. The van der Waals surface area contributed by atoms with Crippen molar-refractivity contribution in [1.82, 2.24) is 5.32 Å². The van der Waals surface area contributed by atoms with E-state index in [0.29, 0.717) is 11.3 Å². The summed E-state index contributed by atoms with van der Waals surface area (Å²) in [4.78, 5) is 49.3. The molecule has 0 unspecified atom stereocenters. The van der Waals surface area contributed by atoms with Gasteiger partial charge in [-0.3, -0.25) is 14.9 Å². The maximum absolute atomic E-state index is 13.0. The van der Waals surface area contributed by atoms with Gasteiger partial charge in [0.15, 0.2) is 6.61 Å². The number of carboxylic acid groups (broad SMARTS) is 1. The maximum atomic E-state index is 13.0. The van der Waals surface area contributed by atoms with Crippen LogP contribution in [0.25, 0.3) is 6.08 Å². The Morgan fingerprint density at radius 2 is 1.76 bits per heavy atom. The van der Waals surface area contributed by atoms with Crippen LogP contribution in [0.4, 0.5) is 10.5 Å². The van der Waals surface area contributed by atoms with Crippen LogP contribution in [-0.2, 0) is 14.4 Å². The minimum Gasteiger partial charge on any atom is -0.481 e. The van der Waals surface area contributed by atoms with Crippen LogP contribution in [0.2, 0.25) is 0 Å². The van der Waals surface area contributed by atoms with Crippen molar-refractivity contribution in [3.8, 4) is 5.75 Å². The Bertz CT molecular complexity index is 1040. The van der Waals surface area contributed by atoms with Crippen molar-refractivity contribution in [2.45, 2.75) is 13.8 Å². The van der Waals surface area contributed by atoms with E-state index in [1.54, 1.807) is 30.3 Å². The second-order valence-electron chi connectivity index (χ2n) is 6.52. The summed E-state index contributed by atoms with van der Waals surface area (Å²) in [7, 11) is 0. The quantitative estimate of drug-likeness (QED) is 0.595. The number of amides is 4. The molecule has 4 amide bonds. The van der Waals surface area contributed by atoms with Crippen molar-refractivity contribution in [3.63, 3.8) is 0 Å². The molecule has 3 rings (SSSR count). The maximum Gasteiger partial charge on any atom is 0.341 e. The Kier molecular flexibility index (Phi) is 5.45. The molecule has 0 aromatic heterocycles.